The predicted molar refractivity (Wildman–Crippen MR) is 113 cm³/mol. The fourth-order valence-electron chi connectivity index (χ4n) is 2.90. The van der Waals surface area contributed by atoms with E-state index in [4.69, 9.17) is 0 Å². The van der Waals surface area contributed by atoms with E-state index in [0.29, 0.717) is 11.4 Å². The van der Waals surface area contributed by atoms with Gasteiger partial charge in [0.05, 0.1) is 11.5 Å². The van der Waals surface area contributed by atoms with Crippen LogP contribution in [0, 0.1) is 6.92 Å². The number of hydrogen-bond donors (Lipinski definition) is 1. The van der Waals surface area contributed by atoms with Gasteiger partial charge in [-0.3, -0.25) is 19.3 Å². The molecule has 1 heterocycles. The molecule has 0 spiro atoms. The van der Waals surface area contributed by atoms with Crippen molar-refractivity contribution in [2.45, 2.75) is 13.5 Å². The lowest BCUT2D eigenvalue weighted by molar-refractivity contribution is -0.136. The Morgan fingerprint density at radius 3 is 2.45 bits per heavy atom. The number of carbonyl (C=O) groups is 3. The number of rotatable bonds is 7. The van der Waals surface area contributed by atoms with Crippen molar-refractivity contribution in [3.05, 3.63) is 76.2 Å². The van der Waals surface area contributed by atoms with Gasteiger partial charge < -0.3 is 10.0 Å². The molecule has 6 nitrogen and oxygen atoms in total. The van der Waals surface area contributed by atoms with Crippen LogP contribution in [0.1, 0.15) is 16.7 Å². The second-order valence-electron chi connectivity index (χ2n) is 6.70. The topological polar surface area (TPSA) is 77.9 Å². The summed E-state index contributed by atoms with van der Waals surface area (Å²) in [5, 5.41) is 8.83. The molecule has 29 heavy (non-hydrogen) atoms. The maximum absolute atomic E-state index is 12.7. The summed E-state index contributed by atoms with van der Waals surface area (Å²) in [5.74, 6) is -0.862. The van der Waals surface area contributed by atoms with E-state index >= 15 is 0 Å². The fraction of sp³-hybridized carbons (Fsp3) is 0.227. The Balaban J connectivity index is 1.70. The summed E-state index contributed by atoms with van der Waals surface area (Å²) in [6.07, 6.45) is 1.66. The fourth-order valence-corrected chi connectivity index (χ4v) is 3.74. The average molecular weight is 410 g/mol. The van der Waals surface area contributed by atoms with E-state index in [9.17, 15) is 19.5 Å². The Bertz CT molecular complexity index is 926. The molecule has 1 fully saturated rings. The molecule has 0 unspecified atom stereocenters. The quantitative estimate of drug-likeness (QED) is 0.710. The number of carbonyl (C=O) groups excluding carboxylic acids is 3. The normalized spacial score (nSPS) is 15.2. The molecule has 0 radical (unpaired) electrons. The van der Waals surface area contributed by atoms with Crippen molar-refractivity contribution in [2.75, 3.05) is 19.7 Å². The molecular weight excluding hydrogens is 388 g/mol. The first kappa shape index (κ1) is 20.8. The van der Waals surface area contributed by atoms with Crippen molar-refractivity contribution in [3.63, 3.8) is 0 Å². The highest BCUT2D eigenvalue weighted by molar-refractivity contribution is 8.18. The van der Waals surface area contributed by atoms with Crippen LogP contribution in [0.25, 0.3) is 6.08 Å². The first-order valence-electron chi connectivity index (χ1n) is 9.22. The molecule has 2 aromatic rings. The Morgan fingerprint density at radius 2 is 1.79 bits per heavy atom. The molecule has 150 valence electrons. The third-order valence-corrected chi connectivity index (χ3v) is 5.39. The highest BCUT2D eigenvalue weighted by Gasteiger charge is 2.37. The zero-order valence-corrected chi connectivity index (χ0v) is 16.9. The minimum Gasteiger partial charge on any atom is -0.395 e. The molecule has 3 rings (SSSR count). The standard InChI is InChI=1S/C22H22N2O4S/c1-16-7-9-17(10-8-16)13-19-21(27)24(22(28)29-19)15-20(26)23(11-12-25)14-18-5-3-2-4-6-18/h2-10,13,25H,11-12,14-15H2,1H3/b19-13-. The first-order valence-corrected chi connectivity index (χ1v) is 10.0. The molecule has 0 saturated carbocycles. The third kappa shape index (κ3) is 5.34. The minimum atomic E-state index is -0.474. The van der Waals surface area contributed by atoms with Gasteiger partial charge in [0.2, 0.25) is 5.91 Å². The Morgan fingerprint density at radius 1 is 1.10 bits per heavy atom. The van der Waals surface area contributed by atoms with E-state index < -0.39 is 11.1 Å². The number of amides is 3. The first-order chi connectivity index (χ1) is 14.0. The van der Waals surface area contributed by atoms with Crippen molar-refractivity contribution in [3.8, 4) is 0 Å². The van der Waals surface area contributed by atoms with Gasteiger partial charge >= 0.3 is 0 Å². The number of hydrogen-bond acceptors (Lipinski definition) is 5. The lowest BCUT2D eigenvalue weighted by atomic mass is 10.1. The SMILES string of the molecule is Cc1ccc(/C=C2\SC(=O)N(CC(=O)N(CCO)Cc3ccccc3)C2=O)cc1. The van der Waals surface area contributed by atoms with Gasteiger partial charge in [-0.05, 0) is 35.9 Å². The molecule has 0 atom stereocenters. The summed E-state index contributed by atoms with van der Waals surface area (Å²) in [7, 11) is 0. The predicted octanol–water partition coefficient (Wildman–Crippen LogP) is 3.05. The molecule has 1 N–H and O–H groups in total. The van der Waals surface area contributed by atoms with E-state index in [-0.39, 0.29) is 25.6 Å². The molecular formula is C22H22N2O4S. The monoisotopic (exact) mass is 410 g/mol. The summed E-state index contributed by atoms with van der Waals surface area (Å²) in [6.45, 7) is 1.85. The van der Waals surface area contributed by atoms with Crippen LogP contribution in [0.5, 0.6) is 0 Å². The number of benzene rings is 2. The van der Waals surface area contributed by atoms with E-state index in [0.717, 1.165) is 33.4 Å². The van der Waals surface area contributed by atoms with Gasteiger partial charge in [0.15, 0.2) is 0 Å². The van der Waals surface area contributed by atoms with Crippen LogP contribution < -0.4 is 0 Å². The largest absolute Gasteiger partial charge is 0.395 e. The Labute approximate surface area is 173 Å². The average Bonchev–Trinajstić information content (AvgIpc) is 2.97. The zero-order chi connectivity index (χ0) is 20.8. The van der Waals surface area contributed by atoms with Crippen LogP contribution in [0.15, 0.2) is 59.5 Å². The lowest BCUT2D eigenvalue weighted by Gasteiger charge is -2.24. The van der Waals surface area contributed by atoms with Gasteiger partial charge in [0.25, 0.3) is 11.1 Å². The number of imide groups is 1. The number of nitrogens with zero attached hydrogens (tertiary/aromatic N) is 2. The van der Waals surface area contributed by atoms with Gasteiger partial charge in [-0.2, -0.15) is 0 Å². The van der Waals surface area contributed by atoms with Crippen molar-refractivity contribution >= 4 is 34.9 Å². The van der Waals surface area contributed by atoms with Gasteiger partial charge in [0, 0.05) is 13.1 Å². The molecule has 7 heteroatoms. The maximum Gasteiger partial charge on any atom is 0.294 e. The number of thioether (sulfide) groups is 1. The van der Waals surface area contributed by atoms with E-state index in [1.807, 2.05) is 61.5 Å². The highest BCUT2D eigenvalue weighted by Crippen LogP contribution is 2.32. The van der Waals surface area contributed by atoms with E-state index in [2.05, 4.69) is 0 Å². The summed E-state index contributed by atoms with van der Waals surface area (Å²) in [6, 6.07) is 17.0. The van der Waals surface area contributed by atoms with Gasteiger partial charge in [-0.25, -0.2) is 0 Å². The molecule has 3 amide bonds. The van der Waals surface area contributed by atoms with Crippen LogP contribution >= 0.6 is 11.8 Å². The molecule has 1 saturated heterocycles. The lowest BCUT2D eigenvalue weighted by Crippen LogP contribution is -2.42. The number of aryl methyl sites for hydroxylation is 1. The molecule has 0 aliphatic carbocycles. The van der Waals surface area contributed by atoms with Crippen LogP contribution in [0.4, 0.5) is 4.79 Å². The molecule has 0 aromatic heterocycles. The van der Waals surface area contributed by atoms with Crippen molar-refractivity contribution in [2.24, 2.45) is 0 Å². The smallest absolute Gasteiger partial charge is 0.294 e. The van der Waals surface area contributed by atoms with Crippen LogP contribution in [-0.4, -0.2) is 51.7 Å². The van der Waals surface area contributed by atoms with E-state index in [1.54, 1.807) is 6.08 Å². The van der Waals surface area contributed by atoms with Crippen molar-refractivity contribution < 1.29 is 19.5 Å². The van der Waals surface area contributed by atoms with E-state index in [1.165, 1.54) is 4.90 Å². The van der Waals surface area contributed by atoms with Gasteiger partial charge in [-0.15, -0.1) is 0 Å². The molecule has 2 aromatic carbocycles. The zero-order valence-electron chi connectivity index (χ0n) is 16.1. The summed E-state index contributed by atoms with van der Waals surface area (Å²) < 4.78 is 0. The highest BCUT2D eigenvalue weighted by atomic mass is 32.2. The third-order valence-electron chi connectivity index (χ3n) is 4.48. The van der Waals surface area contributed by atoms with Gasteiger partial charge in [0.1, 0.15) is 6.54 Å². The number of aliphatic hydroxyl groups is 1. The van der Waals surface area contributed by atoms with Crippen LogP contribution in [0.2, 0.25) is 0 Å². The number of aliphatic hydroxyl groups excluding tert-OH is 1. The van der Waals surface area contributed by atoms with Crippen molar-refractivity contribution in [1.82, 2.24) is 9.80 Å². The maximum atomic E-state index is 12.7. The van der Waals surface area contributed by atoms with Crippen LogP contribution in [0.3, 0.4) is 0 Å². The summed E-state index contributed by atoms with van der Waals surface area (Å²) in [4.78, 5) is 40.4. The molecule has 1 aliphatic rings. The van der Waals surface area contributed by atoms with Gasteiger partial charge in [-0.1, -0.05) is 60.2 Å². The molecule has 0 bridgehead atoms. The second-order valence-corrected chi connectivity index (χ2v) is 7.70. The van der Waals surface area contributed by atoms with Crippen molar-refractivity contribution in [1.29, 1.82) is 0 Å². The second kappa shape index (κ2) is 9.54. The Kier molecular flexibility index (Phi) is 6.85. The molecule has 1 aliphatic heterocycles. The minimum absolute atomic E-state index is 0.128. The summed E-state index contributed by atoms with van der Waals surface area (Å²) >= 11 is 0.830. The Hall–Kier alpha value is -2.90. The summed E-state index contributed by atoms with van der Waals surface area (Å²) in [5.41, 5.74) is 2.82. The van der Waals surface area contributed by atoms with Crippen LogP contribution in [-0.2, 0) is 16.1 Å².